The molecule has 2 fully saturated rings. The molecule has 0 saturated carbocycles. The molecule has 2 aliphatic heterocycles. The summed E-state index contributed by atoms with van der Waals surface area (Å²) >= 11 is 0. The molecule has 0 radical (unpaired) electrons. The van der Waals surface area contributed by atoms with Crippen LogP contribution in [0.1, 0.15) is 59.3 Å². The van der Waals surface area contributed by atoms with Crippen LogP contribution in [0.15, 0.2) is 11.1 Å². The number of ether oxygens (including phenoxy) is 2. The lowest BCUT2D eigenvalue weighted by atomic mass is 9.71. The second-order valence-electron chi connectivity index (χ2n) is 9.06. The molecule has 1 amide bonds. The van der Waals surface area contributed by atoms with E-state index in [0.717, 1.165) is 52.2 Å². The number of carbonyl (C=O) groups excluding carboxylic acids is 1. The number of allylic oxidation sites excluding steroid dienone is 1. The molecule has 27 heavy (non-hydrogen) atoms. The first-order chi connectivity index (χ1) is 13.0. The van der Waals surface area contributed by atoms with Crippen molar-refractivity contribution >= 4 is 5.91 Å². The molecular formula is C22H38N2O3. The molecule has 0 aromatic carbocycles. The molecule has 0 aromatic rings. The maximum absolute atomic E-state index is 12.8. The van der Waals surface area contributed by atoms with Gasteiger partial charge >= 0.3 is 0 Å². The van der Waals surface area contributed by atoms with Crippen molar-refractivity contribution in [3.05, 3.63) is 11.1 Å². The Morgan fingerprint density at radius 3 is 2.74 bits per heavy atom. The normalized spacial score (nSPS) is 27.5. The van der Waals surface area contributed by atoms with E-state index in [9.17, 15) is 4.79 Å². The smallest absolute Gasteiger partial charge is 0.224 e. The Labute approximate surface area is 165 Å². The molecule has 2 saturated heterocycles. The number of hydrogen-bond acceptors (Lipinski definition) is 4. The average Bonchev–Trinajstić information content (AvgIpc) is 2.91. The Bertz CT molecular complexity index is 536. The summed E-state index contributed by atoms with van der Waals surface area (Å²) in [7, 11) is 0. The Balaban J connectivity index is 1.57. The van der Waals surface area contributed by atoms with Crippen molar-refractivity contribution in [1.29, 1.82) is 0 Å². The van der Waals surface area contributed by atoms with Gasteiger partial charge in [-0.2, -0.15) is 0 Å². The zero-order chi connectivity index (χ0) is 19.3. The lowest BCUT2D eigenvalue weighted by molar-refractivity contribution is -0.134. The Kier molecular flexibility index (Phi) is 7.35. The highest BCUT2D eigenvalue weighted by Crippen LogP contribution is 2.41. The molecule has 1 unspecified atom stereocenters. The fraction of sp³-hybridized carbons (Fsp3) is 0.864. The van der Waals surface area contributed by atoms with Gasteiger partial charge in [-0.05, 0) is 44.4 Å². The third-order valence-corrected chi connectivity index (χ3v) is 6.67. The highest BCUT2D eigenvalue weighted by molar-refractivity contribution is 5.76. The second-order valence-corrected chi connectivity index (χ2v) is 9.06. The summed E-state index contributed by atoms with van der Waals surface area (Å²) in [6, 6.07) is 0.211. The van der Waals surface area contributed by atoms with E-state index in [4.69, 9.17) is 9.47 Å². The van der Waals surface area contributed by atoms with Crippen molar-refractivity contribution in [3.63, 3.8) is 0 Å². The van der Waals surface area contributed by atoms with E-state index in [0.29, 0.717) is 25.0 Å². The van der Waals surface area contributed by atoms with Crippen LogP contribution in [0.2, 0.25) is 0 Å². The predicted octanol–water partition coefficient (Wildman–Crippen LogP) is 3.24. The van der Waals surface area contributed by atoms with Crippen LogP contribution < -0.4 is 0 Å². The molecule has 0 aromatic heterocycles. The quantitative estimate of drug-likeness (QED) is 0.689. The molecule has 5 heteroatoms. The molecule has 5 nitrogen and oxygen atoms in total. The predicted molar refractivity (Wildman–Crippen MR) is 108 cm³/mol. The molecule has 0 N–H and O–H groups in total. The Hall–Kier alpha value is -0.910. The van der Waals surface area contributed by atoms with Gasteiger partial charge in [-0.25, -0.2) is 0 Å². The number of nitrogens with zero attached hydrogens (tertiary/aromatic N) is 2. The first-order valence-electron chi connectivity index (χ1n) is 10.8. The number of hydrogen-bond donors (Lipinski definition) is 0. The van der Waals surface area contributed by atoms with Crippen LogP contribution in [0.4, 0.5) is 0 Å². The minimum atomic E-state index is 0.211. The van der Waals surface area contributed by atoms with E-state index in [2.05, 4.69) is 25.7 Å². The van der Waals surface area contributed by atoms with Crippen molar-refractivity contribution in [2.45, 2.75) is 65.3 Å². The van der Waals surface area contributed by atoms with E-state index < -0.39 is 0 Å². The van der Waals surface area contributed by atoms with Crippen molar-refractivity contribution in [3.8, 4) is 0 Å². The van der Waals surface area contributed by atoms with Crippen molar-refractivity contribution in [2.24, 2.45) is 5.41 Å². The van der Waals surface area contributed by atoms with E-state index in [1.807, 2.05) is 4.90 Å². The van der Waals surface area contributed by atoms with E-state index in [-0.39, 0.29) is 11.9 Å². The van der Waals surface area contributed by atoms with Crippen LogP contribution in [-0.4, -0.2) is 74.4 Å². The van der Waals surface area contributed by atoms with Gasteiger partial charge in [-0.1, -0.05) is 25.0 Å². The molecule has 3 rings (SSSR count). The molecular weight excluding hydrogens is 340 g/mol. The zero-order valence-electron chi connectivity index (χ0n) is 17.6. The first kappa shape index (κ1) is 20.8. The average molecular weight is 379 g/mol. The lowest BCUT2D eigenvalue weighted by Crippen LogP contribution is -2.49. The van der Waals surface area contributed by atoms with Gasteiger partial charge in [0.1, 0.15) is 0 Å². The molecule has 3 aliphatic rings. The first-order valence-corrected chi connectivity index (χ1v) is 10.8. The highest BCUT2D eigenvalue weighted by Gasteiger charge is 2.31. The van der Waals surface area contributed by atoms with Crippen LogP contribution in [0, 0.1) is 5.41 Å². The summed E-state index contributed by atoms with van der Waals surface area (Å²) in [6.07, 6.45) is 6.50. The van der Waals surface area contributed by atoms with Crippen LogP contribution in [-0.2, 0) is 14.3 Å². The van der Waals surface area contributed by atoms with Gasteiger partial charge in [-0.15, -0.1) is 0 Å². The maximum Gasteiger partial charge on any atom is 0.224 e. The van der Waals surface area contributed by atoms with Gasteiger partial charge in [-0.3, -0.25) is 9.69 Å². The molecule has 2 heterocycles. The summed E-state index contributed by atoms with van der Waals surface area (Å²) in [6.45, 7) is 13.5. The van der Waals surface area contributed by atoms with Crippen LogP contribution in [0.25, 0.3) is 0 Å². The van der Waals surface area contributed by atoms with Crippen LogP contribution in [0.5, 0.6) is 0 Å². The number of carbonyl (C=O) groups is 1. The summed E-state index contributed by atoms with van der Waals surface area (Å²) in [5.41, 5.74) is 3.57. The van der Waals surface area contributed by atoms with E-state index in [1.165, 1.54) is 19.3 Å². The lowest BCUT2D eigenvalue weighted by Gasteiger charge is -2.39. The van der Waals surface area contributed by atoms with Gasteiger partial charge in [0, 0.05) is 45.2 Å². The summed E-state index contributed by atoms with van der Waals surface area (Å²) in [5, 5.41) is 0. The number of morpholine rings is 1. The van der Waals surface area contributed by atoms with Crippen molar-refractivity contribution in [1.82, 2.24) is 9.80 Å². The summed E-state index contributed by atoms with van der Waals surface area (Å²) < 4.78 is 11.2. The molecule has 0 bridgehead atoms. The van der Waals surface area contributed by atoms with Gasteiger partial charge in [0.2, 0.25) is 5.91 Å². The summed E-state index contributed by atoms with van der Waals surface area (Å²) in [4.78, 5) is 17.3. The highest BCUT2D eigenvalue weighted by atomic mass is 16.5. The topological polar surface area (TPSA) is 42.0 Å². The van der Waals surface area contributed by atoms with Crippen molar-refractivity contribution in [2.75, 3.05) is 52.6 Å². The van der Waals surface area contributed by atoms with Gasteiger partial charge in [0.25, 0.3) is 0 Å². The Morgan fingerprint density at radius 2 is 1.93 bits per heavy atom. The van der Waals surface area contributed by atoms with E-state index >= 15 is 0 Å². The third kappa shape index (κ3) is 5.55. The fourth-order valence-corrected chi connectivity index (χ4v) is 4.98. The van der Waals surface area contributed by atoms with E-state index in [1.54, 1.807) is 11.1 Å². The largest absolute Gasteiger partial charge is 0.380 e. The minimum Gasteiger partial charge on any atom is -0.380 e. The molecule has 1 aliphatic carbocycles. The number of rotatable bonds is 5. The third-order valence-electron chi connectivity index (χ3n) is 6.67. The standard InChI is InChI=1S/C22H38N2O3/c1-18-6-4-8-22(2,3)20(18)7-10-23-11-15-27-17-19(23)16-21(25)24-9-5-13-26-14-12-24/h19H,4-17H2,1-3H3. The second kappa shape index (κ2) is 9.53. The van der Waals surface area contributed by atoms with Crippen LogP contribution in [0.3, 0.4) is 0 Å². The molecule has 1 atom stereocenters. The monoisotopic (exact) mass is 378 g/mol. The SMILES string of the molecule is CC1=C(CCN2CCOCC2CC(=O)N2CCCOCC2)C(C)(C)CCC1. The van der Waals surface area contributed by atoms with Gasteiger partial charge < -0.3 is 14.4 Å². The number of amides is 1. The van der Waals surface area contributed by atoms with Gasteiger partial charge in [0.15, 0.2) is 0 Å². The van der Waals surface area contributed by atoms with Crippen LogP contribution >= 0.6 is 0 Å². The molecule has 154 valence electrons. The van der Waals surface area contributed by atoms with Crippen molar-refractivity contribution < 1.29 is 14.3 Å². The minimum absolute atomic E-state index is 0.211. The Morgan fingerprint density at radius 1 is 1.11 bits per heavy atom. The zero-order valence-corrected chi connectivity index (χ0v) is 17.6. The fourth-order valence-electron chi connectivity index (χ4n) is 4.98. The summed E-state index contributed by atoms with van der Waals surface area (Å²) in [5.74, 6) is 0.259. The molecule has 0 spiro atoms. The maximum atomic E-state index is 12.8. The van der Waals surface area contributed by atoms with Gasteiger partial charge in [0.05, 0.1) is 19.8 Å².